The van der Waals surface area contributed by atoms with Gasteiger partial charge in [-0.2, -0.15) is 0 Å². The molecule has 0 atom stereocenters. The molecule has 2 aromatic carbocycles. The summed E-state index contributed by atoms with van der Waals surface area (Å²) in [6.07, 6.45) is 1.59. The molecular weight excluding hydrogens is 553 g/mol. The van der Waals surface area contributed by atoms with E-state index in [4.69, 9.17) is 18.9 Å². The summed E-state index contributed by atoms with van der Waals surface area (Å²) in [6, 6.07) is 16.0. The Labute approximate surface area is 247 Å². The first-order valence-corrected chi connectivity index (χ1v) is 13.6. The van der Waals surface area contributed by atoms with Crippen LogP contribution in [-0.2, 0) is 17.8 Å². The standard InChI is InChI=1S/C33H30FN3O6/c1-5-42-33-28(41-4)17-24-31(37-33)27(14-15-35-24)43-23-12-6-20(7-13-23)16-26(38)30-25(18-40-3)36-19(2)29(32(30)39)21-8-10-22(34)11-9-21/h6-15,17H,5,16,18H2,1-4H3,(H,36,39). The molecule has 220 valence electrons. The van der Waals surface area contributed by atoms with Gasteiger partial charge in [-0.05, 0) is 49.2 Å². The van der Waals surface area contributed by atoms with Crippen molar-refractivity contribution < 1.29 is 28.1 Å². The molecule has 0 unspecified atom stereocenters. The maximum Gasteiger partial charge on any atom is 0.257 e. The van der Waals surface area contributed by atoms with Crippen LogP contribution in [0.15, 0.2) is 71.7 Å². The number of fused-ring (bicyclic) bond motifs is 1. The number of aryl methyl sites for hydroxylation is 1. The molecule has 1 N–H and O–H groups in total. The van der Waals surface area contributed by atoms with Gasteiger partial charge in [0, 0.05) is 43.1 Å². The summed E-state index contributed by atoms with van der Waals surface area (Å²) >= 11 is 0. The number of nitrogens with one attached hydrogen (secondary N) is 1. The predicted molar refractivity (Wildman–Crippen MR) is 160 cm³/mol. The number of Topliss-reactive ketones (excluding diaryl/α,β-unsaturated/α-hetero) is 1. The fraction of sp³-hybridized carbons (Fsp3) is 0.212. The number of ketones is 1. The van der Waals surface area contributed by atoms with E-state index in [1.165, 1.54) is 38.5 Å². The van der Waals surface area contributed by atoms with Gasteiger partial charge in [-0.25, -0.2) is 9.37 Å². The first-order valence-electron chi connectivity index (χ1n) is 13.6. The van der Waals surface area contributed by atoms with E-state index >= 15 is 0 Å². The van der Waals surface area contributed by atoms with Gasteiger partial charge < -0.3 is 23.9 Å². The first-order chi connectivity index (χ1) is 20.8. The lowest BCUT2D eigenvalue weighted by atomic mass is 9.95. The van der Waals surface area contributed by atoms with Crippen molar-refractivity contribution in [1.82, 2.24) is 15.0 Å². The third-order valence-corrected chi connectivity index (χ3v) is 6.79. The highest BCUT2D eigenvalue weighted by Crippen LogP contribution is 2.34. The Morgan fingerprint density at radius 2 is 1.74 bits per heavy atom. The van der Waals surface area contributed by atoms with Gasteiger partial charge in [-0.1, -0.05) is 24.3 Å². The summed E-state index contributed by atoms with van der Waals surface area (Å²) in [6.45, 7) is 4.07. The number of rotatable bonds is 11. The van der Waals surface area contributed by atoms with E-state index in [0.717, 1.165) is 0 Å². The monoisotopic (exact) mass is 583 g/mol. The van der Waals surface area contributed by atoms with E-state index in [1.54, 1.807) is 49.5 Å². The minimum absolute atomic E-state index is 0.0157. The highest BCUT2D eigenvalue weighted by atomic mass is 19.1. The second-order valence-electron chi connectivity index (χ2n) is 9.70. The quantitative estimate of drug-likeness (QED) is 0.183. The minimum Gasteiger partial charge on any atom is -0.491 e. The summed E-state index contributed by atoms with van der Waals surface area (Å²) in [5.41, 5.74) is 3.14. The first kappa shape index (κ1) is 29.4. The van der Waals surface area contributed by atoms with Crippen molar-refractivity contribution in [1.29, 1.82) is 0 Å². The molecular formula is C33H30FN3O6. The van der Waals surface area contributed by atoms with Crippen LogP contribution in [0.5, 0.6) is 23.1 Å². The number of carbonyl (C=O) groups excluding carboxylic acids is 1. The Morgan fingerprint density at radius 1 is 1.00 bits per heavy atom. The third kappa shape index (κ3) is 6.24. The topological polar surface area (TPSA) is 113 Å². The molecule has 0 fully saturated rings. The van der Waals surface area contributed by atoms with E-state index in [0.29, 0.717) is 68.8 Å². The number of nitrogens with zero attached hydrogens (tertiary/aromatic N) is 2. The number of hydrogen-bond acceptors (Lipinski definition) is 8. The largest absolute Gasteiger partial charge is 0.491 e. The van der Waals surface area contributed by atoms with Gasteiger partial charge in [0.05, 0.1) is 37.1 Å². The van der Waals surface area contributed by atoms with Crippen LogP contribution in [0.1, 0.15) is 34.2 Å². The van der Waals surface area contributed by atoms with Crippen molar-refractivity contribution in [2.24, 2.45) is 0 Å². The molecule has 0 aliphatic heterocycles. The molecule has 3 aromatic heterocycles. The maximum atomic E-state index is 13.6. The number of carbonyl (C=O) groups is 1. The molecule has 10 heteroatoms. The fourth-order valence-electron chi connectivity index (χ4n) is 4.85. The molecule has 43 heavy (non-hydrogen) atoms. The lowest BCUT2D eigenvalue weighted by Crippen LogP contribution is -2.24. The van der Waals surface area contributed by atoms with Crippen molar-refractivity contribution in [3.05, 3.63) is 105 Å². The van der Waals surface area contributed by atoms with Gasteiger partial charge in [0.1, 0.15) is 17.1 Å². The van der Waals surface area contributed by atoms with Crippen molar-refractivity contribution in [2.75, 3.05) is 20.8 Å². The molecule has 9 nitrogen and oxygen atoms in total. The number of halogens is 1. The molecule has 0 aliphatic rings. The zero-order valence-electron chi connectivity index (χ0n) is 24.2. The molecule has 0 bridgehead atoms. The van der Waals surface area contributed by atoms with Crippen LogP contribution in [0.2, 0.25) is 0 Å². The van der Waals surface area contributed by atoms with Crippen molar-refractivity contribution in [3.63, 3.8) is 0 Å². The Kier molecular flexibility index (Phi) is 8.77. The molecule has 5 aromatic rings. The van der Waals surface area contributed by atoms with Crippen LogP contribution < -0.4 is 19.6 Å². The highest BCUT2D eigenvalue weighted by molar-refractivity contribution is 5.99. The Hall–Kier alpha value is -5.09. The van der Waals surface area contributed by atoms with Crippen molar-refractivity contribution in [2.45, 2.75) is 26.9 Å². The summed E-state index contributed by atoms with van der Waals surface area (Å²) in [7, 11) is 3.03. The van der Waals surface area contributed by atoms with Crippen molar-refractivity contribution in [3.8, 4) is 34.3 Å². The fourth-order valence-corrected chi connectivity index (χ4v) is 4.85. The molecule has 0 radical (unpaired) electrons. The number of ether oxygens (including phenoxy) is 4. The summed E-state index contributed by atoms with van der Waals surface area (Å²) in [4.78, 5) is 39.2. The maximum absolute atomic E-state index is 13.6. The van der Waals surface area contributed by atoms with E-state index in [9.17, 15) is 14.0 Å². The Bertz CT molecular complexity index is 1840. The number of benzene rings is 2. The zero-order chi connectivity index (χ0) is 30.5. The van der Waals surface area contributed by atoms with E-state index in [-0.39, 0.29) is 24.4 Å². The van der Waals surface area contributed by atoms with Crippen LogP contribution in [0, 0.1) is 12.7 Å². The SMILES string of the molecule is CCOc1nc2c(Oc3ccc(CC(=O)c4c(COC)[nH]c(C)c(-c5ccc(F)cc5)c4=O)cc3)ccnc2cc1OC. The Balaban J connectivity index is 1.41. The third-order valence-electron chi connectivity index (χ3n) is 6.79. The average Bonchev–Trinajstić information content (AvgIpc) is 2.99. The highest BCUT2D eigenvalue weighted by Gasteiger charge is 2.22. The number of methoxy groups -OCH3 is 2. The van der Waals surface area contributed by atoms with Crippen LogP contribution in [0.3, 0.4) is 0 Å². The summed E-state index contributed by atoms with van der Waals surface area (Å²) in [5, 5.41) is 0. The van der Waals surface area contributed by atoms with Gasteiger partial charge in [0.15, 0.2) is 17.3 Å². The summed E-state index contributed by atoms with van der Waals surface area (Å²) < 4.78 is 35.9. The average molecular weight is 584 g/mol. The van der Waals surface area contributed by atoms with E-state index in [1.807, 2.05) is 6.92 Å². The van der Waals surface area contributed by atoms with Gasteiger partial charge >= 0.3 is 0 Å². The second-order valence-corrected chi connectivity index (χ2v) is 9.70. The lowest BCUT2D eigenvalue weighted by molar-refractivity contribution is 0.0986. The van der Waals surface area contributed by atoms with E-state index < -0.39 is 11.2 Å². The predicted octanol–water partition coefficient (Wildman–Crippen LogP) is 6.20. The molecule has 0 saturated heterocycles. The van der Waals surface area contributed by atoms with Crippen LogP contribution in [0.25, 0.3) is 22.2 Å². The number of aromatic amines is 1. The van der Waals surface area contributed by atoms with Gasteiger partial charge in [0.2, 0.25) is 5.43 Å². The molecule has 0 aliphatic carbocycles. The van der Waals surface area contributed by atoms with Gasteiger partial charge in [0.25, 0.3) is 5.88 Å². The molecule has 3 heterocycles. The van der Waals surface area contributed by atoms with Crippen LogP contribution >= 0.6 is 0 Å². The molecule has 0 saturated carbocycles. The molecule has 5 rings (SSSR count). The smallest absolute Gasteiger partial charge is 0.257 e. The Morgan fingerprint density at radius 3 is 2.42 bits per heavy atom. The number of aromatic nitrogens is 3. The normalized spacial score (nSPS) is 11.0. The van der Waals surface area contributed by atoms with Crippen LogP contribution in [-0.4, -0.2) is 41.6 Å². The number of pyridine rings is 3. The zero-order valence-corrected chi connectivity index (χ0v) is 24.2. The molecule has 0 spiro atoms. The van der Waals surface area contributed by atoms with Crippen LogP contribution in [0.4, 0.5) is 4.39 Å². The number of H-pyrrole nitrogens is 1. The van der Waals surface area contributed by atoms with E-state index in [2.05, 4.69) is 15.0 Å². The lowest BCUT2D eigenvalue weighted by Gasteiger charge is -2.14. The minimum atomic E-state index is -0.431. The second kappa shape index (κ2) is 12.8. The van der Waals surface area contributed by atoms with Gasteiger partial charge in [-0.15, -0.1) is 0 Å². The summed E-state index contributed by atoms with van der Waals surface area (Å²) in [5.74, 6) is 1.02. The van der Waals surface area contributed by atoms with Gasteiger partial charge in [-0.3, -0.25) is 14.6 Å². The number of hydrogen-bond donors (Lipinski definition) is 1. The van der Waals surface area contributed by atoms with Crippen molar-refractivity contribution >= 4 is 16.8 Å². The molecule has 0 amide bonds.